The van der Waals surface area contributed by atoms with Gasteiger partial charge in [-0.25, -0.2) is 0 Å². The first-order valence-electron chi connectivity index (χ1n) is 10.3. The fourth-order valence-corrected chi connectivity index (χ4v) is 5.38. The predicted molar refractivity (Wildman–Crippen MR) is 121 cm³/mol. The van der Waals surface area contributed by atoms with Crippen LogP contribution in [0.5, 0.6) is 11.5 Å². The zero-order valence-corrected chi connectivity index (χ0v) is 20.2. The van der Waals surface area contributed by atoms with Gasteiger partial charge in [0.05, 0.1) is 0 Å². The maximum atomic E-state index is 11.2. The van der Waals surface area contributed by atoms with Gasteiger partial charge < -0.3 is 10.2 Å². The molecule has 2 rings (SSSR count). The highest BCUT2D eigenvalue weighted by Crippen LogP contribution is 2.44. The summed E-state index contributed by atoms with van der Waals surface area (Å²) in [6.45, 7) is 19.2. The molecule has 151 valence electrons. The Morgan fingerprint density at radius 3 is 1.39 bits per heavy atom. The van der Waals surface area contributed by atoms with Crippen molar-refractivity contribution in [3.63, 3.8) is 0 Å². The lowest BCUT2D eigenvalue weighted by atomic mass is 9.81. The molecule has 0 spiro atoms. The lowest BCUT2D eigenvalue weighted by Crippen LogP contribution is -2.18. The van der Waals surface area contributed by atoms with E-state index in [1.807, 2.05) is 0 Å². The molecule has 0 bridgehead atoms. The minimum atomic E-state index is -0.137. The lowest BCUT2D eigenvalue weighted by molar-refractivity contribution is 0.434. The van der Waals surface area contributed by atoms with Crippen molar-refractivity contribution in [1.29, 1.82) is 0 Å². The van der Waals surface area contributed by atoms with Gasteiger partial charge in [-0.3, -0.25) is 0 Å². The van der Waals surface area contributed by atoms with Gasteiger partial charge in [-0.15, -0.1) is 5.28 Å². The van der Waals surface area contributed by atoms with E-state index in [0.717, 1.165) is 38.7 Å². The smallest absolute Gasteiger partial charge is 0.219 e. The van der Waals surface area contributed by atoms with Crippen LogP contribution in [0.2, 0.25) is 5.28 Å². The Bertz CT molecular complexity index is 785. The van der Waals surface area contributed by atoms with Gasteiger partial charge in [-0.2, -0.15) is 0 Å². The lowest BCUT2D eigenvalue weighted by Gasteiger charge is -2.29. The summed E-state index contributed by atoms with van der Waals surface area (Å²) < 4.78 is 0.0481. The standard InChI is InChI=1S/C23H31O2.C2H5.Al/c1-14-9-16(20(24)18(11-14)22(3,4)5)13-17-10-15(2)12-19(21(17)25)23(6,7)8;1-2;/h9-13,24-25H,1-8H3;1H2,2H3;. The molecular weight excluding hydrogens is 359 g/mol. The molecular formula is C25H36AlO2. The molecule has 0 saturated carbocycles. The number of hydrogen-bond donors (Lipinski definition) is 2. The van der Waals surface area contributed by atoms with Crippen molar-refractivity contribution in [3.05, 3.63) is 57.6 Å². The van der Waals surface area contributed by atoms with E-state index in [9.17, 15) is 10.2 Å². The highest BCUT2D eigenvalue weighted by atomic mass is 27.1. The summed E-state index contributed by atoms with van der Waals surface area (Å²) in [7, 11) is 0. The largest absolute Gasteiger partial charge is 0.507 e. The van der Waals surface area contributed by atoms with Gasteiger partial charge in [-0.1, -0.05) is 83.9 Å². The number of aryl methyl sites for hydroxylation is 2. The van der Waals surface area contributed by atoms with Crippen molar-refractivity contribution in [2.45, 2.75) is 83.2 Å². The van der Waals surface area contributed by atoms with Crippen molar-refractivity contribution >= 4 is 15.2 Å². The van der Waals surface area contributed by atoms with Crippen LogP contribution in [0.15, 0.2) is 24.3 Å². The summed E-state index contributed by atoms with van der Waals surface area (Å²) in [5, 5.41) is 23.5. The molecule has 0 unspecified atom stereocenters. The maximum absolute atomic E-state index is 11.2. The average molecular weight is 396 g/mol. The molecule has 2 aromatic rings. The maximum Gasteiger partial charge on any atom is 0.219 e. The average Bonchev–Trinajstić information content (AvgIpc) is 2.54. The van der Waals surface area contributed by atoms with Crippen LogP contribution in [-0.4, -0.2) is 25.4 Å². The van der Waals surface area contributed by atoms with Gasteiger partial charge in [0.15, 0.2) is 0 Å². The molecule has 0 aliphatic rings. The number of phenols is 2. The van der Waals surface area contributed by atoms with E-state index in [1.54, 1.807) is 0 Å². The molecule has 0 aliphatic heterocycles. The summed E-state index contributed by atoms with van der Waals surface area (Å²) in [6, 6.07) is 8.40. The van der Waals surface area contributed by atoms with Crippen LogP contribution in [0.3, 0.4) is 0 Å². The van der Waals surface area contributed by atoms with Crippen molar-refractivity contribution in [2.24, 2.45) is 0 Å². The summed E-state index contributed by atoms with van der Waals surface area (Å²) in [5.74, 6) is 0.782. The fraction of sp³-hybridized carbons (Fsp3) is 0.520. The van der Waals surface area contributed by atoms with Crippen LogP contribution in [0.1, 0.15) is 86.6 Å². The normalized spacial score (nSPS) is 12.5. The molecule has 0 fully saturated rings. The van der Waals surface area contributed by atoms with Gasteiger partial charge in [-0.05, 0) is 51.7 Å². The zero-order valence-electron chi connectivity index (χ0n) is 19.1. The second kappa shape index (κ2) is 8.13. The monoisotopic (exact) mass is 395 g/mol. The molecule has 0 aromatic heterocycles. The van der Waals surface area contributed by atoms with Crippen LogP contribution < -0.4 is 0 Å². The number of rotatable bonds is 4. The van der Waals surface area contributed by atoms with Crippen LogP contribution in [-0.2, 0) is 10.8 Å². The van der Waals surface area contributed by atoms with Gasteiger partial charge in [0.25, 0.3) is 0 Å². The minimum absolute atomic E-state index is 0.00537. The molecule has 0 atom stereocenters. The van der Waals surface area contributed by atoms with Crippen molar-refractivity contribution < 1.29 is 10.2 Å². The number of benzene rings is 2. The Morgan fingerprint density at radius 1 is 0.750 bits per heavy atom. The third-order valence-corrected chi connectivity index (χ3v) is 6.99. The zero-order chi connectivity index (χ0) is 21.4. The van der Waals surface area contributed by atoms with E-state index < -0.39 is 0 Å². The molecule has 28 heavy (non-hydrogen) atoms. The van der Waals surface area contributed by atoms with Crippen molar-refractivity contribution in [3.8, 4) is 11.5 Å². The van der Waals surface area contributed by atoms with E-state index in [4.69, 9.17) is 0 Å². The molecule has 1 radical (unpaired) electrons. The third kappa shape index (κ3) is 4.76. The van der Waals surface area contributed by atoms with E-state index in [-0.39, 0.29) is 30.8 Å². The van der Waals surface area contributed by atoms with Gasteiger partial charge >= 0.3 is 0 Å². The predicted octanol–water partition coefficient (Wildman–Crippen LogP) is 6.54. The molecule has 0 aliphatic carbocycles. The Morgan fingerprint density at radius 2 is 1.11 bits per heavy atom. The van der Waals surface area contributed by atoms with Gasteiger partial charge in [0.1, 0.15) is 11.5 Å². The third-order valence-electron chi connectivity index (χ3n) is 5.33. The Kier molecular flexibility index (Phi) is 6.64. The molecule has 3 heteroatoms. The highest BCUT2D eigenvalue weighted by molar-refractivity contribution is 6.39. The highest BCUT2D eigenvalue weighted by Gasteiger charge is 2.29. The van der Waals surface area contributed by atoms with Gasteiger partial charge in [0.2, 0.25) is 15.2 Å². The van der Waals surface area contributed by atoms with E-state index in [2.05, 4.69) is 86.6 Å². The van der Waals surface area contributed by atoms with Crippen molar-refractivity contribution in [1.82, 2.24) is 0 Å². The topological polar surface area (TPSA) is 40.5 Å². The van der Waals surface area contributed by atoms with E-state index in [1.165, 1.54) is 0 Å². The Balaban J connectivity index is 2.79. The van der Waals surface area contributed by atoms with Crippen LogP contribution >= 0.6 is 0 Å². The Labute approximate surface area is 177 Å². The van der Waals surface area contributed by atoms with Crippen LogP contribution in [0.25, 0.3) is 0 Å². The quantitative estimate of drug-likeness (QED) is 0.577. The van der Waals surface area contributed by atoms with Crippen molar-refractivity contribution in [2.75, 3.05) is 0 Å². The number of aromatic hydroxyl groups is 2. The summed E-state index contributed by atoms with van der Waals surface area (Å²) in [4.78, 5) is 0. The summed E-state index contributed by atoms with van der Waals surface area (Å²) in [6.07, 6.45) is 0. The molecule has 2 aromatic carbocycles. The first-order valence-corrected chi connectivity index (χ1v) is 11.8. The van der Waals surface area contributed by atoms with Crippen LogP contribution in [0.4, 0.5) is 0 Å². The SMILES string of the molecule is C[CH2][Al][CH](c1cc(C)cc(C(C)(C)C)c1O)c1cc(C)cc(C(C)(C)C)c1O. The summed E-state index contributed by atoms with van der Waals surface area (Å²) >= 11 is 0.00537. The first-order chi connectivity index (χ1) is 12.8. The molecule has 0 heterocycles. The van der Waals surface area contributed by atoms with Gasteiger partial charge in [0, 0.05) is 0 Å². The molecule has 2 N–H and O–H groups in total. The van der Waals surface area contributed by atoms with E-state index in [0.29, 0.717) is 11.5 Å². The second-order valence-electron chi connectivity index (χ2n) is 10.1. The van der Waals surface area contributed by atoms with E-state index >= 15 is 0 Å². The Hall–Kier alpha value is -1.43. The first kappa shape index (κ1) is 22.9. The summed E-state index contributed by atoms with van der Waals surface area (Å²) in [5.41, 5.74) is 5.91. The number of phenolic OH excluding ortho intramolecular Hbond substituents is 2. The fourth-order valence-electron chi connectivity index (χ4n) is 3.89. The van der Waals surface area contributed by atoms with Crippen LogP contribution in [0, 0.1) is 13.8 Å². The second-order valence-corrected chi connectivity index (χ2v) is 12.1. The number of hydrogen-bond acceptors (Lipinski definition) is 2. The molecule has 0 amide bonds. The minimum Gasteiger partial charge on any atom is -0.507 e. The molecule has 0 saturated heterocycles. The molecule has 2 nitrogen and oxygen atoms in total.